The number of carbonyl (C=O) groups is 1. The van der Waals surface area contributed by atoms with E-state index in [0.29, 0.717) is 45.3 Å². The molecule has 0 aliphatic carbocycles. The zero-order chi connectivity index (χ0) is 22.5. The Labute approximate surface area is 190 Å². The molecule has 0 radical (unpaired) electrons. The lowest BCUT2D eigenvalue weighted by atomic mass is 10.1. The Balaban J connectivity index is 1.71. The van der Waals surface area contributed by atoms with E-state index in [9.17, 15) is 10.1 Å². The number of benzene rings is 3. The molecular formula is C25H19ClN4O2. The van der Waals surface area contributed by atoms with Crippen molar-refractivity contribution in [1.82, 2.24) is 4.98 Å². The number of amides is 1. The second-order valence-electron chi connectivity index (χ2n) is 7.03. The van der Waals surface area contributed by atoms with Gasteiger partial charge >= 0.3 is 0 Å². The highest BCUT2D eigenvalue weighted by molar-refractivity contribution is 6.32. The molecule has 2 N–H and O–H groups in total. The predicted molar refractivity (Wildman–Crippen MR) is 126 cm³/mol. The molecule has 4 aromatic rings. The van der Waals surface area contributed by atoms with Gasteiger partial charge in [0.15, 0.2) is 0 Å². The molecule has 0 aliphatic rings. The van der Waals surface area contributed by atoms with Crippen molar-refractivity contribution < 1.29 is 9.53 Å². The first-order chi connectivity index (χ1) is 15.6. The summed E-state index contributed by atoms with van der Waals surface area (Å²) in [7, 11) is 1.57. The molecule has 0 saturated carbocycles. The van der Waals surface area contributed by atoms with Gasteiger partial charge in [0.05, 0.1) is 46.9 Å². The molecule has 158 valence electrons. The van der Waals surface area contributed by atoms with Crippen LogP contribution >= 0.6 is 11.6 Å². The van der Waals surface area contributed by atoms with Crippen molar-refractivity contribution >= 4 is 39.8 Å². The van der Waals surface area contributed by atoms with E-state index in [1.165, 1.54) is 0 Å². The van der Waals surface area contributed by atoms with Crippen LogP contribution in [-0.4, -0.2) is 18.0 Å². The van der Waals surface area contributed by atoms with Crippen LogP contribution in [0.4, 0.5) is 11.4 Å². The smallest absolute Gasteiger partial charge is 0.255 e. The number of halogens is 1. The fraction of sp³-hybridized carbons (Fsp3) is 0.0800. The highest BCUT2D eigenvalue weighted by Crippen LogP contribution is 2.32. The first kappa shape index (κ1) is 21.2. The Kier molecular flexibility index (Phi) is 6.20. The maximum absolute atomic E-state index is 12.8. The summed E-state index contributed by atoms with van der Waals surface area (Å²) in [5.41, 5.74) is 3.85. The average molecular weight is 443 g/mol. The van der Waals surface area contributed by atoms with Crippen LogP contribution in [0.5, 0.6) is 5.75 Å². The van der Waals surface area contributed by atoms with Gasteiger partial charge in [-0.05, 0) is 48.0 Å². The van der Waals surface area contributed by atoms with Gasteiger partial charge in [-0.1, -0.05) is 35.9 Å². The maximum Gasteiger partial charge on any atom is 0.255 e. The van der Waals surface area contributed by atoms with E-state index in [-0.39, 0.29) is 5.91 Å². The van der Waals surface area contributed by atoms with Gasteiger partial charge in [0.2, 0.25) is 0 Å². The number of nitrogens with zero attached hydrogens (tertiary/aromatic N) is 2. The van der Waals surface area contributed by atoms with Gasteiger partial charge in [-0.2, -0.15) is 5.26 Å². The number of fused-ring (bicyclic) bond motifs is 1. The Bertz CT molecular complexity index is 1330. The van der Waals surface area contributed by atoms with Crippen LogP contribution in [0.25, 0.3) is 10.9 Å². The van der Waals surface area contributed by atoms with Gasteiger partial charge in [-0.25, -0.2) is 0 Å². The van der Waals surface area contributed by atoms with E-state index in [1.54, 1.807) is 61.8 Å². The largest absolute Gasteiger partial charge is 0.495 e. The molecule has 0 unspecified atom stereocenters. The Morgan fingerprint density at radius 1 is 1.12 bits per heavy atom. The van der Waals surface area contributed by atoms with Crippen molar-refractivity contribution in [2.75, 3.05) is 17.7 Å². The van der Waals surface area contributed by atoms with Crippen LogP contribution in [0.15, 0.2) is 72.9 Å². The van der Waals surface area contributed by atoms with E-state index in [1.807, 2.05) is 18.2 Å². The minimum Gasteiger partial charge on any atom is -0.495 e. The number of hydrogen-bond acceptors (Lipinski definition) is 5. The van der Waals surface area contributed by atoms with Crippen LogP contribution in [0.1, 0.15) is 21.5 Å². The van der Waals surface area contributed by atoms with Gasteiger partial charge in [0.25, 0.3) is 5.91 Å². The van der Waals surface area contributed by atoms with E-state index in [2.05, 4.69) is 21.7 Å². The summed E-state index contributed by atoms with van der Waals surface area (Å²) in [4.78, 5) is 17.2. The van der Waals surface area contributed by atoms with Gasteiger partial charge < -0.3 is 15.4 Å². The molecular weight excluding hydrogens is 424 g/mol. The van der Waals surface area contributed by atoms with Gasteiger partial charge in [0, 0.05) is 17.5 Å². The number of anilines is 2. The van der Waals surface area contributed by atoms with E-state index in [4.69, 9.17) is 16.3 Å². The molecule has 1 heterocycles. The molecule has 0 spiro atoms. The van der Waals surface area contributed by atoms with E-state index in [0.717, 1.165) is 10.9 Å². The van der Waals surface area contributed by atoms with Crippen molar-refractivity contribution in [2.45, 2.75) is 6.54 Å². The van der Waals surface area contributed by atoms with Gasteiger partial charge in [-0.3, -0.25) is 9.78 Å². The molecule has 0 fully saturated rings. The summed E-state index contributed by atoms with van der Waals surface area (Å²) < 4.78 is 5.21. The van der Waals surface area contributed by atoms with Crippen LogP contribution < -0.4 is 15.4 Å². The molecule has 1 aromatic heterocycles. The van der Waals surface area contributed by atoms with Crippen molar-refractivity contribution in [3.8, 4) is 11.8 Å². The molecule has 32 heavy (non-hydrogen) atoms. The monoisotopic (exact) mass is 442 g/mol. The number of rotatable bonds is 6. The Morgan fingerprint density at radius 2 is 1.94 bits per heavy atom. The van der Waals surface area contributed by atoms with Crippen molar-refractivity contribution in [1.29, 1.82) is 5.26 Å². The van der Waals surface area contributed by atoms with Crippen LogP contribution in [0.3, 0.4) is 0 Å². The molecule has 6 nitrogen and oxygen atoms in total. The number of methoxy groups -OCH3 is 1. The summed E-state index contributed by atoms with van der Waals surface area (Å²) in [6, 6.07) is 21.9. The zero-order valence-electron chi connectivity index (χ0n) is 17.2. The lowest BCUT2D eigenvalue weighted by molar-refractivity contribution is 0.102. The van der Waals surface area contributed by atoms with Crippen molar-refractivity contribution in [3.05, 3.63) is 94.6 Å². The number of carbonyl (C=O) groups excluding carboxylic acids is 1. The number of nitrogens with one attached hydrogen (secondary N) is 2. The Morgan fingerprint density at radius 3 is 2.66 bits per heavy atom. The molecule has 7 heteroatoms. The predicted octanol–water partition coefficient (Wildman–Crippen LogP) is 5.63. The second-order valence-corrected chi connectivity index (χ2v) is 7.44. The van der Waals surface area contributed by atoms with Crippen LogP contribution in [0.2, 0.25) is 5.02 Å². The summed E-state index contributed by atoms with van der Waals surface area (Å²) in [6.45, 7) is 0.438. The van der Waals surface area contributed by atoms with Gasteiger partial charge in [0.1, 0.15) is 5.75 Å². The summed E-state index contributed by atoms with van der Waals surface area (Å²) >= 11 is 6.26. The SMILES string of the molecule is COc1ccc(CNc2c(NC(=O)c3ccccc3)cnc3ccc(C#N)cc23)cc1Cl. The van der Waals surface area contributed by atoms with E-state index >= 15 is 0 Å². The maximum atomic E-state index is 12.8. The molecule has 0 aliphatic heterocycles. The Hall–Kier alpha value is -4.08. The molecule has 3 aromatic carbocycles. The van der Waals surface area contributed by atoms with Crippen molar-refractivity contribution in [2.24, 2.45) is 0 Å². The fourth-order valence-corrected chi connectivity index (χ4v) is 3.62. The number of pyridine rings is 1. The minimum atomic E-state index is -0.251. The van der Waals surface area contributed by atoms with E-state index < -0.39 is 0 Å². The molecule has 0 saturated heterocycles. The summed E-state index contributed by atoms with van der Waals surface area (Å²) in [5, 5.41) is 16.9. The van der Waals surface area contributed by atoms with Gasteiger partial charge in [-0.15, -0.1) is 0 Å². The molecule has 0 bridgehead atoms. The fourth-order valence-electron chi connectivity index (χ4n) is 3.34. The molecule has 0 atom stereocenters. The summed E-state index contributed by atoms with van der Waals surface area (Å²) in [5.74, 6) is 0.345. The highest BCUT2D eigenvalue weighted by atomic mass is 35.5. The standard InChI is InChI=1S/C25H19ClN4O2/c1-32-23-10-8-17(12-20(23)26)14-29-24-19-11-16(13-27)7-9-21(19)28-15-22(24)30-25(31)18-5-3-2-4-6-18/h2-12,15H,14H2,1H3,(H,28,29)(H,30,31). The number of hydrogen-bond donors (Lipinski definition) is 2. The number of aromatic nitrogens is 1. The number of nitriles is 1. The lowest BCUT2D eigenvalue weighted by Crippen LogP contribution is -2.14. The van der Waals surface area contributed by atoms with Crippen LogP contribution in [-0.2, 0) is 6.54 Å². The number of ether oxygens (including phenoxy) is 1. The molecule has 4 rings (SSSR count). The highest BCUT2D eigenvalue weighted by Gasteiger charge is 2.14. The average Bonchev–Trinajstić information content (AvgIpc) is 2.83. The normalized spacial score (nSPS) is 10.4. The third kappa shape index (κ3) is 4.48. The quantitative estimate of drug-likeness (QED) is 0.404. The third-order valence-electron chi connectivity index (χ3n) is 4.97. The van der Waals surface area contributed by atoms with Crippen LogP contribution in [0, 0.1) is 11.3 Å². The third-order valence-corrected chi connectivity index (χ3v) is 5.26. The minimum absolute atomic E-state index is 0.251. The first-order valence-corrected chi connectivity index (χ1v) is 10.2. The van der Waals surface area contributed by atoms with Crippen molar-refractivity contribution in [3.63, 3.8) is 0 Å². The topological polar surface area (TPSA) is 87.0 Å². The lowest BCUT2D eigenvalue weighted by Gasteiger charge is -2.16. The molecule has 1 amide bonds. The zero-order valence-corrected chi connectivity index (χ0v) is 18.0. The summed E-state index contributed by atoms with van der Waals surface area (Å²) in [6.07, 6.45) is 1.61. The first-order valence-electron chi connectivity index (χ1n) is 9.84. The second kappa shape index (κ2) is 9.38.